The Bertz CT molecular complexity index is 798. The molecule has 1 amide bonds. The minimum Gasteiger partial charge on any atom is -0.467 e. The number of rotatable bonds is 6. The van der Waals surface area contributed by atoms with E-state index < -0.39 is 12.0 Å². The minimum atomic E-state index is -0.698. The molecule has 0 unspecified atom stereocenters. The van der Waals surface area contributed by atoms with Crippen molar-refractivity contribution in [3.05, 3.63) is 40.3 Å². The molecule has 1 heterocycles. The molecule has 24 heavy (non-hydrogen) atoms. The summed E-state index contributed by atoms with van der Waals surface area (Å²) in [5.41, 5.74) is 0.151. The van der Waals surface area contributed by atoms with Gasteiger partial charge in [-0.2, -0.15) is 5.10 Å². The number of esters is 1. The van der Waals surface area contributed by atoms with E-state index in [1.165, 1.54) is 7.11 Å². The van der Waals surface area contributed by atoms with Crippen LogP contribution in [-0.4, -0.2) is 35.2 Å². The van der Waals surface area contributed by atoms with E-state index in [9.17, 15) is 14.4 Å². The summed E-state index contributed by atoms with van der Waals surface area (Å²) < 4.78 is 4.73. The minimum absolute atomic E-state index is 0.0388. The normalized spacial score (nSPS) is 12.2. The van der Waals surface area contributed by atoms with Crippen molar-refractivity contribution in [2.24, 2.45) is 5.92 Å². The maximum Gasteiger partial charge on any atom is 0.328 e. The van der Waals surface area contributed by atoms with Gasteiger partial charge in [0.15, 0.2) is 0 Å². The van der Waals surface area contributed by atoms with Gasteiger partial charge in [0, 0.05) is 5.39 Å². The molecule has 7 heteroatoms. The van der Waals surface area contributed by atoms with E-state index in [1.54, 1.807) is 24.3 Å². The molecule has 2 N–H and O–H groups in total. The van der Waals surface area contributed by atoms with Crippen molar-refractivity contribution in [3.8, 4) is 0 Å². The Labute approximate surface area is 139 Å². The van der Waals surface area contributed by atoms with Crippen LogP contribution in [0.4, 0.5) is 0 Å². The van der Waals surface area contributed by atoms with Gasteiger partial charge in [-0.05, 0) is 18.4 Å². The SMILES string of the molecule is COC(=O)[C@@H](CC(C)C)NC(=O)Cc1n[nH]c(=O)c2ccccc12. The Hall–Kier alpha value is -2.70. The summed E-state index contributed by atoms with van der Waals surface area (Å²) in [6.45, 7) is 3.91. The average molecular weight is 331 g/mol. The molecule has 1 atom stereocenters. The van der Waals surface area contributed by atoms with Crippen LogP contribution in [0.2, 0.25) is 0 Å². The quantitative estimate of drug-likeness (QED) is 0.774. The van der Waals surface area contributed by atoms with Crippen LogP contribution >= 0.6 is 0 Å². The number of benzene rings is 1. The fraction of sp³-hybridized carbons (Fsp3) is 0.412. The van der Waals surface area contributed by atoms with Crippen molar-refractivity contribution in [1.29, 1.82) is 0 Å². The largest absolute Gasteiger partial charge is 0.467 e. The van der Waals surface area contributed by atoms with Crippen molar-refractivity contribution >= 4 is 22.6 Å². The zero-order valence-corrected chi connectivity index (χ0v) is 14.0. The Morgan fingerprint density at radius 2 is 1.92 bits per heavy atom. The Kier molecular flexibility index (Phi) is 5.68. The molecule has 0 saturated carbocycles. The standard InChI is InChI=1S/C17H21N3O4/c1-10(2)8-14(17(23)24-3)18-15(21)9-13-11-6-4-5-7-12(11)16(22)20-19-13/h4-7,10,14H,8-9H2,1-3H3,(H,18,21)(H,20,22)/t14-/m1/s1. The fourth-order valence-electron chi connectivity index (χ4n) is 2.53. The Morgan fingerprint density at radius 1 is 1.25 bits per heavy atom. The lowest BCUT2D eigenvalue weighted by Gasteiger charge is -2.18. The van der Waals surface area contributed by atoms with Gasteiger partial charge < -0.3 is 10.1 Å². The predicted molar refractivity (Wildman–Crippen MR) is 89.5 cm³/mol. The van der Waals surface area contributed by atoms with Crippen LogP contribution in [0.15, 0.2) is 29.1 Å². The summed E-state index contributed by atoms with van der Waals surface area (Å²) >= 11 is 0. The van der Waals surface area contributed by atoms with E-state index in [4.69, 9.17) is 4.74 Å². The number of H-pyrrole nitrogens is 1. The lowest BCUT2D eigenvalue weighted by Crippen LogP contribution is -2.43. The molecule has 0 aliphatic heterocycles. The average Bonchev–Trinajstić information content (AvgIpc) is 2.56. The highest BCUT2D eigenvalue weighted by Gasteiger charge is 2.23. The van der Waals surface area contributed by atoms with Crippen LogP contribution in [-0.2, 0) is 20.7 Å². The second kappa shape index (κ2) is 7.72. The maximum atomic E-state index is 12.3. The maximum absolute atomic E-state index is 12.3. The molecule has 1 aromatic heterocycles. The number of hydrogen-bond acceptors (Lipinski definition) is 5. The number of hydrogen-bond donors (Lipinski definition) is 2. The molecule has 2 rings (SSSR count). The monoisotopic (exact) mass is 331 g/mol. The molecule has 0 bridgehead atoms. The van der Waals surface area contributed by atoms with Crippen LogP contribution in [0.3, 0.4) is 0 Å². The van der Waals surface area contributed by atoms with Crippen LogP contribution in [0.5, 0.6) is 0 Å². The number of methoxy groups -OCH3 is 1. The number of ether oxygens (including phenoxy) is 1. The first kappa shape index (κ1) is 17.7. The zero-order valence-electron chi connectivity index (χ0n) is 14.0. The molecule has 1 aromatic carbocycles. The summed E-state index contributed by atoms with van der Waals surface area (Å²) in [6, 6.07) is 6.24. The lowest BCUT2D eigenvalue weighted by atomic mass is 10.0. The number of carbonyl (C=O) groups excluding carboxylic acids is 2. The molecular formula is C17H21N3O4. The third kappa shape index (κ3) is 4.18. The molecule has 0 fully saturated rings. The van der Waals surface area contributed by atoms with E-state index in [0.29, 0.717) is 22.9 Å². The predicted octanol–water partition coefficient (Wildman–Crippen LogP) is 1.17. The van der Waals surface area contributed by atoms with Crippen molar-refractivity contribution in [3.63, 3.8) is 0 Å². The highest BCUT2D eigenvalue weighted by atomic mass is 16.5. The second-order valence-corrected chi connectivity index (χ2v) is 5.99. The summed E-state index contributed by atoms with van der Waals surface area (Å²) in [5, 5.41) is 10.1. The number of aromatic amines is 1. The summed E-state index contributed by atoms with van der Waals surface area (Å²) in [4.78, 5) is 35.9. The topological polar surface area (TPSA) is 101 Å². The molecule has 0 aliphatic rings. The van der Waals surface area contributed by atoms with E-state index in [1.807, 2.05) is 13.8 Å². The van der Waals surface area contributed by atoms with E-state index >= 15 is 0 Å². The Balaban J connectivity index is 2.19. The van der Waals surface area contributed by atoms with Gasteiger partial charge in [-0.3, -0.25) is 9.59 Å². The molecule has 0 saturated heterocycles. The molecule has 0 spiro atoms. The summed E-state index contributed by atoms with van der Waals surface area (Å²) in [7, 11) is 1.29. The first-order valence-corrected chi connectivity index (χ1v) is 7.75. The van der Waals surface area contributed by atoms with Gasteiger partial charge in [-0.1, -0.05) is 32.0 Å². The van der Waals surface area contributed by atoms with Crippen molar-refractivity contribution in [1.82, 2.24) is 15.5 Å². The lowest BCUT2D eigenvalue weighted by molar-refractivity contribution is -0.145. The first-order valence-electron chi connectivity index (χ1n) is 7.75. The highest BCUT2D eigenvalue weighted by molar-refractivity contribution is 5.90. The van der Waals surface area contributed by atoms with Gasteiger partial charge in [0.1, 0.15) is 6.04 Å². The molecule has 0 aliphatic carbocycles. The van der Waals surface area contributed by atoms with Crippen molar-refractivity contribution in [2.45, 2.75) is 32.7 Å². The van der Waals surface area contributed by atoms with Gasteiger partial charge in [-0.15, -0.1) is 0 Å². The summed E-state index contributed by atoms with van der Waals surface area (Å²) in [6.07, 6.45) is 0.446. The molecule has 2 aromatic rings. The number of aromatic nitrogens is 2. The fourth-order valence-corrected chi connectivity index (χ4v) is 2.53. The smallest absolute Gasteiger partial charge is 0.328 e. The van der Waals surface area contributed by atoms with Crippen LogP contribution in [0.25, 0.3) is 10.8 Å². The van der Waals surface area contributed by atoms with Crippen molar-refractivity contribution < 1.29 is 14.3 Å². The second-order valence-electron chi connectivity index (χ2n) is 5.99. The molecule has 7 nitrogen and oxygen atoms in total. The highest BCUT2D eigenvalue weighted by Crippen LogP contribution is 2.13. The van der Waals surface area contributed by atoms with E-state index in [2.05, 4.69) is 15.5 Å². The number of carbonyl (C=O) groups is 2. The number of amides is 1. The van der Waals surface area contributed by atoms with Gasteiger partial charge in [0.05, 0.1) is 24.6 Å². The van der Waals surface area contributed by atoms with E-state index in [0.717, 1.165) is 0 Å². The van der Waals surface area contributed by atoms with Gasteiger partial charge in [0.25, 0.3) is 5.56 Å². The van der Waals surface area contributed by atoms with Gasteiger partial charge in [-0.25, -0.2) is 9.89 Å². The molecule has 128 valence electrons. The molecular weight excluding hydrogens is 310 g/mol. The van der Waals surface area contributed by atoms with Crippen LogP contribution in [0, 0.1) is 5.92 Å². The van der Waals surface area contributed by atoms with Gasteiger partial charge >= 0.3 is 5.97 Å². The summed E-state index contributed by atoms with van der Waals surface area (Å²) in [5.74, 6) is -0.603. The molecule has 0 radical (unpaired) electrons. The van der Waals surface area contributed by atoms with Crippen molar-refractivity contribution in [2.75, 3.05) is 7.11 Å². The number of nitrogens with zero attached hydrogens (tertiary/aromatic N) is 1. The number of nitrogens with one attached hydrogen (secondary N) is 2. The zero-order chi connectivity index (χ0) is 17.7. The third-order valence-corrected chi connectivity index (χ3v) is 3.63. The van der Waals surface area contributed by atoms with Crippen LogP contribution < -0.4 is 10.9 Å². The Morgan fingerprint density at radius 3 is 2.54 bits per heavy atom. The van der Waals surface area contributed by atoms with Gasteiger partial charge in [0.2, 0.25) is 5.91 Å². The first-order chi connectivity index (χ1) is 11.4. The number of fused-ring (bicyclic) bond motifs is 1. The third-order valence-electron chi connectivity index (χ3n) is 3.63. The van der Waals surface area contributed by atoms with E-state index in [-0.39, 0.29) is 23.8 Å². The van der Waals surface area contributed by atoms with Crippen LogP contribution in [0.1, 0.15) is 26.0 Å².